The SMILES string of the molecule is C=CCCC(=O)N[C@@H](COC)[C@@H](OC(=O)[C@@H]1[C@H]2O[C@@]3(CC2Br)[C@H](C(=O)N(CC=C)c2c(C)cccc2C)N(CCCCCCO)C(=O)[C@@H]13)c1ccccc1. The maximum absolute atomic E-state index is 15.1. The Morgan fingerprint density at radius 1 is 1.07 bits per heavy atom. The van der Waals surface area contributed by atoms with Crippen LogP contribution < -0.4 is 10.2 Å². The van der Waals surface area contributed by atoms with E-state index in [1.54, 1.807) is 22.0 Å². The van der Waals surface area contributed by atoms with Crippen LogP contribution in [0.3, 0.4) is 0 Å². The number of alkyl halides is 1. The van der Waals surface area contributed by atoms with Crippen molar-refractivity contribution in [3.63, 3.8) is 0 Å². The number of rotatable bonds is 20. The highest BCUT2D eigenvalue weighted by Gasteiger charge is 2.77. The van der Waals surface area contributed by atoms with Crippen LogP contribution in [0.15, 0.2) is 73.8 Å². The van der Waals surface area contributed by atoms with Gasteiger partial charge in [-0.25, -0.2) is 0 Å². The number of methoxy groups -OCH3 is 1. The number of hydrogen-bond donors (Lipinski definition) is 2. The summed E-state index contributed by atoms with van der Waals surface area (Å²) in [6.07, 6.45) is 5.47. The quantitative estimate of drug-likeness (QED) is 0.0776. The van der Waals surface area contributed by atoms with Gasteiger partial charge in [-0.05, 0) is 56.2 Å². The van der Waals surface area contributed by atoms with Crippen molar-refractivity contribution in [3.05, 3.63) is 90.5 Å². The van der Waals surface area contributed by atoms with Crippen LogP contribution in [0.2, 0.25) is 0 Å². The van der Waals surface area contributed by atoms with Crippen molar-refractivity contribution < 1.29 is 38.5 Å². The lowest BCUT2D eigenvalue weighted by molar-refractivity contribution is -0.163. The Labute approximate surface area is 327 Å². The number of esters is 1. The van der Waals surface area contributed by atoms with Gasteiger partial charge in [-0.3, -0.25) is 19.2 Å². The van der Waals surface area contributed by atoms with E-state index in [-0.39, 0.29) is 55.3 Å². The molecule has 2 aromatic rings. The zero-order valence-electron chi connectivity index (χ0n) is 31.6. The first kappa shape index (κ1) is 41.3. The summed E-state index contributed by atoms with van der Waals surface area (Å²) in [4.78, 5) is 60.5. The molecule has 3 amide bonds. The van der Waals surface area contributed by atoms with Gasteiger partial charge in [-0.15, -0.1) is 13.2 Å². The smallest absolute Gasteiger partial charge is 0.313 e. The number of unbranched alkanes of at least 4 members (excludes halogenated alkanes) is 3. The number of allylic oxidation sites excluding steroid dienone is 1. The van der Waals surface area contributed by atoms with Crippen molar-refractivity contribution in [1.29, 1.82) is 0 Å². The molecule has 0 radical (unpaired) electrons. The predicted molar refractivity (Wildman–Crippen MR) is 210 cm³/mol. The molecule has 2 N–H and O–H groups in total. The third-order valence-corrected chi connectivity index (χ3v) is 11.7. The standard InChI is InChI=1S/C42H54BrN3O8/c1-6-8-21-32(48)44-31(26-52-5)36(29-19-12-11-13-20-29)53-41(51)33-34-39(49)46(23-14-9-10-15-24-47)38(42(34)25-30(43)37(33)54-42)40(50)45(22-7-2)35-27(3)17-16-18-28(35)4/h6-7,11-13,16-20,30-31,33-34,36-38,47H,1-2,8-10,14-15,21-26H2,3-5H3,(H,44,48)/t30?,31-,33-,34+,36-,37-,38-,42+/m0/s1. The number of aryl methyl sites for hydroxylation is 2. The summed E-state index contributed by atoms with van der Waals surface area (Å²) in [5, 5.41) is 12.3. The highest BCUT2D eigenvalue weighted by molar-refractivity contribution is 9.09. The Balaban J connectivity index is 1.53. The van der Waals surface area contributed by atoms with Crippen LogP contribution in [0.4, 0.5) is 5.69 Å². The number of aliphatic hydroxyl groups excluding tert-OH is 1. The summed E-state index contributed by atoms with van der Waals surface area (Å²) in [6, 6.07) is 13.2. The maximum atomic E-state index is 15.1. The second kappa shape index (κ2) is 18.7. The fourth-order valence-electron chi connectivity index (χ4n) is 8.59. The number of hydrogen-bond acceptors (Lipinski definition) is 8. The number of carbonyl (C=O) groups is 4. The molecule has 0 saturated carbocycles. The van der Waals surface area contributed by atoms with Gasteiger partial charge in [-0.2, -0.15) is 0 Å². The van der Waals surface area contributed by atoms with E-state index in [0.717, 1.165) is 29.7 Å². The molecule has 0 aliphatic carbocycles. The Hall–Kier alpha value is -3.84. The van der Waals surface area contributed by atoms with Crippen LogP contribution in [0.25, 0.3) is 0 Å². The van der Waals surface area contributed by atoms with E-state index >= 15 is 4.79 Å². The van der Waals surface area contributed by atoms with Crippen molar-refractivity contribution in [2.24, 2.45) is 11.8 Å². The predicted octanol–water partition coefficient (Wildman–Crippen LogP) is 5.51. The Morgan fingerprint density at radius 3 is 2.43 bits per heavy atom. The second-order valence-electron chi connectivity index (χ2n) is 14.5. The van der Waals surface area contributed by atoms with Crippen molar-refractivity contribution >= 4 is 45.3 Å². The minimum atomic E-state index is -1.30. The Bertz CT molecular complexity index is 1650. The average molecular weight is 809 g/mol. The van der Waals surface area contributed by atoms with E-state index in [1.165, 1.54) is 7.11 Å². The number of fused-ring (bicyclic) bond motifs is 1. The normalized spacial score (nSPS) is 25.2. The highest BCUT2D eigenvalue weighted by atomic mass is 79.9. The number of benzene rings is 2. The summed E-state index contributed by atoms with van der Waals surface area (Å²) in [5.74, 6) is -3.50. The van der Waals surface area contributed by atoms with Gasteiger partial charge in [0.2, 0.25) is 11.8 Å². The molecule has 3 heterocycles. The first-order chi connectivity index (χ1) is 26.0. The molecule has 2 bridgehead atoms. The number of anilines is 1. The molecular weight excluding hydrogens is 754 g/mol. The molecule has 292 valence electrons. The van der Waals surface area contributed by atoms with Crippen molar-refractivity contribution in [2.75, 3.05) is 38.3 Å². The van der Waals surface area contributed by atoms with Crippen LogP contribution in [0, 0.1) is 25.7 Å². The first-order valence-corrected chi connectivity index (χ1v) is 19.8. The lowest BCUT2D eigenvalue weighted by Gasteiger charge is -2.38. The minimum absolute atomic E-state index is 0.0583. The summed E-state index contributed by atoms with van der Waals surface area (Å²) < 4.78 is 18.7. The van der Waals surface area contributed by atoms with Gasteiger partial charge < -0.3 is 34.4 Å². The topological polar surface area (TPSA) is 135 Å². The minimum Gasteiger partial charge on any atom is -0.455 e. The van der Waals surface area contributed by atoms with Crippen molar-refractivity contribution in [3.8, 4) is 0 Å². The number of aliphatic hydroxyl groups is 1. The van der Waals surface area contributed by atoms with Crippen molar-refractivity contribution in [1.82, 2.24) is 10.2 Å². The van der Waals surface area contributed by atoms with Crippen LogP contribution in [0.1, 0.15) is 67.7 Å². The molecule has 8 atom stereocenters. The van der Waals surface area contributed by atoms with Crippen molar-refractivity contribution in [2.45, 2.75) is 93.5 Å². The highest BCUT2D eigenvalue weighted by Crippen LogP contribution is 2.60. The number of amides is 3. The summed E-state index contributed by atoms with van der Waals surface area (Å²) >= 11 is 3.78. The van der Waals surface area contributed by atoms with Crippen LogP contribution in [-0.2, 0) is 33.4 Å². The monoisotopic (exact) mass is 807 g/mol. The third-order valence-electron chi connectivity index (χ3n) is 10.9. The average Bonchev–Trinajstić information content (AvgIpc) is 3.75. The number of ether oxygens (including phenoxy) is 3. The zero-order valence-corrected chi connectivity index (χ0v) is 33.2. The van der Waals surface area contributed by atoms with E-state index < -0.39 is 47.7 Å². The fraction of sp³-hybridized carbons (Fsp3) is 0.524. The first-order valence-electron chi connectivity index (χ1n) is 18.9. The van der Waals surface area contributed by atoms with E-state index in [0.29, 0.717) is 31.2 Å². The molecule has 12 heteroatoms. The lowest BCUT2D eigenvalue weighted by atomic mass is 9.70. The lowest BCUT2D eigenvalue weighted by Crippen LogP contribution is -2.57. The molecule has 3 fully saturated rings. The van der Waals surface area contributed by atoms with Gasteiger partial charge in [0.15, 0.2) is 0 Å². The molecule has 3 aliphatic heterocycles. The second-order valence-corrected chi connectivity index (χ2v) is 15.7. The molecule has 2 aromatic carbocycles. The number of para-hydroxylation sites is 1. The molecular formula is C42H54BrN3O8. The number of nitrogens with zero attached hydrogens (tertiary/aromatic N) is 2. The molecule has 5 rings (SSSR count). The van der Waals surface area contributed by atoms with Crippen LogP contribution in [0.5, 0.6) is 0 Å². The Morgan fingerprint density at radius 2 is 1.78 bits per heavy atom. The van der Waals surface area contributed by atoms with Crippen LogP contribution >= 0.6 is 15.9 Å². The largest absolute Gasteiger partial charge is 0.455 e. The summed E-state index contributed by atoms with van der Waals surface area (Å²) in [7, 11) is 1.51. The zero-order chi connectivity index (χ0) is 39.0. The number of nitrogens with one attached hydrogen (secondary N) is 1. The summed E-state index contributed by atoms with van der Waals surface area (Å²) in [6.45, 7) is 12.2. The van der Waals surface area contributed by atoms with E-state index in [1.807, 2.05) is 62.4 Å². The third kappa shape index (κ3) is 8.36. The van der Waals surface area contributed by atoms with E-state index in [9.17, 15) is 19.5 Å². The van der Waals surface area contributed by atoms with Gasteiger partial charge in [0.25, 0.3) is 5.91 Å². The number of carbonyl (C=O) groups excluding carboxylic acids is 4. The molecule has 1 spiro atoms. The molecule has 54 heavy (non-hydrogen) atoms. The van der Waals surface area contributed by atoms with E-state index in [2.05, 4.69) is 34.4 Å². The number of likely N-dealkylation sites (tertiary alicyclic amines) is 1. The van der Waals surface area contributed by atoms with E-state index in [4.69, 9.17) is 14.2 Å². The van der Waals surface area contributed by atoms with Gasteiger partial charge in [0, 0.05) is 43.7 Å². The van der Waals surface area contributed by atoms with Gasteiger partial charge in [0.1, 0.15) is 17.7 Å². The van der Waals surface area contributed by atoms with Gasteiger partial charge in [-0.1, -0.05) is 89.5 Å². The number of halogens is 1. The fourth-order valence-corrected chi connectivity index (χ4v) is 9.53. The molecule has 3 aliphatic rings. The Kier molecular flexibility index (Phi) is 14.3. The van der Waals surface area contributed by atoms with Gasteiger partial charge >= 0.3 is 5.97 Å². The molecule has 11 nitrogen and oxygen atoms in total. The molecule has 1 unspecified atom stereocenters. The summed E-state index contributed by atoms with van der Waals surface area (Å²) in [5.41, 5.74) is 1.91. The molecule has 3 saturated heterocycles. The van der Waals surface area contributed by atoms with Crippen LogP contribution in [-0.4, -0.2) is 95.7 Å². The van der Waals surface area contributed by atoms with Gasteiger partial charge in [0.05, 0.1) is 30.6 Å². The maximum Gasteiger partial charge on any atom is 0.313 e. The molecule has 0 aromatic heterocycles.